The summed E-state index contributed by atoms with van der Waals surface area (Å²) in [5.41, 5.74) is 1.64. The fourth-order valence-corrected chi connectivity index (χ4v) is 8.23. The van der Waals surface area contributed by atoms with Crippen molar-refractivity contribution in [2.24, 2.45) is 17.8 Å². The monoisotopic (exact) mass is 646 g/mol. The normalized spacial score (nSPS) is 33.1. The largest absolute Gasteiger partial charge is 0.504 e. The van der Waals surface area contributed by atoms with E-state index in [2.05, 4.69) is 15.9 Å². The summed E-state index contributed by atoms with van der Waals surface area (Å²) in [4.78, 5) is 53.2. The number of phenolic OH excluding ortho intramolecular Hbond substituents is 1. The van der Waals surface area contributed by atoms with Crippen molar-refractivity contribution in [1.82, 2.24) is 4.90 Å². The van der Waals surface area contributed by atoms with Crippen molar-refractivity contribution in [1.29, 1.82) is 0 Å². The molecule has 0 aromatic heterocycles. The number of anilines is 1. The van der Waals surface area contributed by atoms with Crippen LogP contribution in [0.3, 0.4) is 0 Å². The number of aromatic hydroxyl groups is 1. The van der Waals surface area contributed by atoms with Crippen LogP contribution in [0.2, 0.25) is 0 Å². The van der Waals surface area contributed by atoms with Crippen LogP contribution in [0.4, 0.5) is 5.69 Å². The van der Waals surface area contributed by atoms with Gasteiger partial charge in [0.1, 0.15) is 0 Å². The highest BCUT2D eigenvalue weighted by atomic mass is 79.9. The van der Waals surface area contributed by atoms with Gasteiger partial charge in [0.25, 0.3) is 11.8 Å². The number of carbonyl (C=O) groups excluding carboxylic acids is 4. The van der Waals surface area contributed by atoms with E-state index in [0.717, 1.165) is 9.37 Å². The van der Waals surface area contributed by atoms with Crippen LogP contribution in [0.1, 0.15) is 31.2 Å². The molecule has 4 amide bonds. The molecule has 4 aliphatic rings. The summed E-state index contributed by atoms with van der Waals surface area (Å²) in [5.74, 6) is -4.85. The summed E-state index contributed by atoms with van der Waals surface area (Å²) in [5, 5.41) is 10.4. The molecular weight excluding hydrogens is 623 g/mol. The number of alkyl halides is 2. The Morgan fingerprint density at radius 1 is 1.02 bits per heavy atom. The molecule has 0 bridgehead atoms. The average molecular weight is 648 g/mol. The molecule has 2 aromatic carbocycles. The highest BCUT2D eigenvalue weighted by molar-refractivity contribution is 9.10. The molecule has 6 rings (SSSR count). The third-order valence-electron chi connectivity index (χ3n) is 8.72. The Bertz CT molecular complexity index is 1510. The molecule has 2 heterocycles. The summed E-state index contributed by atoms with van der Waals surface area (Å²) >= 11 is 17.7. The van der Waals surface area contributed by atoms with Crippen LogP contribution in [0.5, 0.6) is 11.5 Å². The lowest BCUT2D eigenvalue weighted by molar-refractivity contribution is -0.138. The average Bonchev–Trinajstić information content (AvgIpc) is 3.26. The SMILES string of the molecule is CCOc1cc(C2C3=CCC4C(=O)N(c5ccc(Br)cc5)C(=O)C4C3CC3(Cl)C(=O)N(C)C(=O)C23Cl)ccc1O. The third kappa shape index (κ3) is 3.50. The first kappa shape index (κ1) is 27.3. The van der Waals surface area contributed by atoms with Crippen LogP contribution in [0.15, 0.2) is 58.6 Å². The van der Waals surface area contributed by atoms with E-state index < -0.39 is 45.2 Å². The van der Waals surface area contributed by atoms with Gasteiger partial charge in [-0.2, -0.15) is 0 Å². The summed E-state index contributed by atoms with van der Waals surface area (Å²) in [7, 11) is 1.34. The lowest BCUT2D eigenvalue weighted by Crippen LogP contribution is -2.60. The second kappa shape index (κ2) is 9.33. The zero-order chi connectivity index (χ0) is 28.7. The van der Waals surface area contributed by atoms with E-state index in [1.54, 1.807) is 43.3 Å². The number of halogens is 3. The molecule has 0 radical (unpaired) electrons. The first-order valence-corrected chi connectivity index (χ1v) is 14.5. The maximum absolute atomic E-state index is 14.0. The van der Waals surface area contributed by atoms with Gasteiger partial charge in [-0.05, 0) is 67.6 Å². The number of amides is 4. The van der Waals surface area contributed by atoms with Gasteiger partial charge in [0.2, 0.25) is 11.8 Å². The molecule has 6 atom stereocenters. The predicted octanol–water partition coefficient (Wildman–Crippen LogP) is 4.75. The fourth-order valence-electron chi connectivity index (χ4n) is 6.94. The van der Waals surface area contributed by atoms with Gasteiger partial charge >= 0.3 is 0 Å². The molecule has 1 N–H and O–H groups in total. The van der Waals surface area contributed by atoms with Crippen LogP contribution in [-0.2, 0) is 19.2 Å². The molecule has 1 saturated carbocycles. The number of phenols is 1. The first-order chi connectivity index (χ1) is 19.0. The Balaban J connectivity index is 1.51. The molecule has 11 heteroatoms. The van der Waals surface area contributed by atoms with Gasteiger partial charge in [0.05, 0.1) is 24.1 Å². The first-order valence-electron chi connectivity index (χ1n) is 12.9. The maximum atomic E-state index is 14.0. The highest BCUT2D eigenvalue weighted by Crippen LogP contribution is 2.65. The lowest BCUT2D eigenvalue weighted by atomic mass is 9.56. The van der Waals surface area contributed by atoms with Gasteiger partial charge < -0.3 is 9.84 Å². The van der Waals surface area contributed by atoms with Crippen LogP contribution < -0.4 is 9.64 Å². The maximum Gasteiger partial charge on any atom is 0.253 e. The Labute approximate surface area is 249 Å². The van der Waals surface area contributed by atoms with Crippen molar-refractivity contribution in [3.05, 3.63) is 64.1 Å². The topological polar surface area (TPSA) is 104 Å². The van der Waals surface area contributed by atoms with Gasteiger partial charge in [0.15, 0.2) is 21.2 Å². The number of fused-ring (bicyclic) bond motifs is 4. The van der Waals surface area contributed by atoms with E-state index in [9.17, 15) is 24.3 Å². The minimum absolute atomic E-state index is 0.0833. The predicted molar refractivity (Wildman–Crippen MR) is 151 cm³/mol. The molecule has 2 aliphatic heterocycles. The van der Waals surface area contributed by atoms with Crippen LogP contribution >= 0.6 is 39.1 Å². The van der Waals surface area contributed by atoms with Gasteiger partial charge in [0, 0.05) is 17.4 Å². The van der Waals surface area contributed by atoms with Crippen LogP contribution in [0, 0.1) is 17.8 Å². The third-order valence-corrected chi connectivity index (χ3v) is 10.7. The van der Waals surface area contributed by atoms with Crippen molar-refractivity contribution >= 4 is 68.4 Å². The molecule has 208 valence electrons. The standard InChI is InChI=1S/C29H25BrCl2N2O6/c1-3-40-21-12-14(4-11-20(21)35)23-17-9-10-18-22(25(37)34(24(18)36)16-7-5-15(30)6-8-16)19(17)13-28(31)26(38)33(2)27(39)29(23,28)32/h4-9,11-12,18-19,22-23,35H,3,10,13H2,1-2H3. The Morgan fingerprint density at radius 3 is 2.40 bits per heavy atom. The van der Waals surface area contributed by atoms with Crippen molar-refractivity contribution < 1.29 is 29.0 Å². The molecule has 0 spiro atoms. The van der Waals surface area contributed by atoms with Gasteiger partial charge in [-0.15, -0.1) is 23.2 Å². The van der Waals surface area contributed by atoms with Crippen LogP contribution in [0.25, 0.3) is 0 Å². The minimum Gasteiger partial charge on any atom is -0.504 e. The number of nitrogens with zero attached hydrogens (tertiary/aromatic N) is 2. The van der Waals surface area contributed by atoms with Crippen molar-refractivity contribution in [3.8, 4) is 11.5 Å². The Hall–Kier alpha value is -2.88. The number of allylic oxidation sites excluding steroid dienone is 2. The van der Waals surface area contributed by atoms with Crippen molar-refractivity contribution in [2.45, 2.75) is 35.4 Å². The summed E-state index contributed by atoms with van der Waals surface area (Å²) in [6, 6.07) is 11.6. The number of ether oxygens (including phenoxy) is 1. The number of carbonyl (C=O) groups is 4. The highest BCUT2D eigenvalue weighted by Gasteiger charge is 2.75. The molecular formula is C29H25BrCl2N2O6. The van der Waals surface area contributed by atoms with E-state index in [-0.39, 0.29) is 42.8 Å². The Kier molecular flexibility index (Phi) is 6.36. The van der Waals surface area contributed by atoms with E-state index in [1.165, 1.54) is 18.0 Å². The molecule has 6 unspecified atom stereocenters. The summed E-state index contributed by atoms with van der Waals surface area (Å²) in [6.07, 6.45) is 2.05. The minimum atomic E-state index is -1.90. The van der Waals surface area contributed by atoms with E-state index in [4.69, 9.17) is 27.9 Å². The van der Waals surface area contributed by atoms with Crippen LogP contribution in [-0.4, -0.2) is 57.0 Å². The number of hydrogen-bond acceptors (Lipinski definition) is 6. The van der Waals surface area contributed by atoms with Gasteiger partial charge in [-0.25, -0.2) is 0 Å². The summed E-state index contributed by atoms with van der Waals surface area (Å²) in [6.45, 7) is 2.05. The second-order valence-corrected chi connectivity index (χ2v) is 12.8. The number of imide groups is 2. The smallest absolute Gasteiger partial charge is 0.253 e. The second-order valence-electron chi connectivity index (χ2n) is 10.6. The molecule has 2 saturated heterocycles. The van der Waals surface area contributed by atoms with E-state index >= 15 is 0 Å². The molecule has 2 aromatic rings. The quantitative estimate of drug-likeness (QED) is 0.292. The number of rotatable bonds is 4. The molecule has 3 fully saturated rings. The van der Waals surface area contributed by atoms with Crippen molar-refractivity contribution in [3.63, 3.8) is 0 Å². The van der Waals surface area contributed by atoms with E-state index in [1.807, 2.05) is 6.08 Å². The number of benzene rings is 2. The molecule has 40 heavy (non-hydrogen) atoms. The summed E-state index contributed by atoms with van der Waals surface area (Å²) < 4.78 is 6.41. The van der Waals surface area contributed by atoms with Crippen molar-refractivity contribution in [2.75, 3.05) is 18.6 Å². The zero-order valence-corrected chi connectivity index (χ0v) is 24.7. The zero-order valence-electron chi connectivity index (χ0n) is 21.6. The van der Waals surface area contributed by atoms with Gasteiger partial charge in [-0.3, -0.25) is 29.0 Å². The number of likely N-dealkylation sites (tertiary alicyclic amines) is 1. The number of hydrogen-bond donors (Lipinski definition) is 1. The molecule has 8 nitrogen and oxygen atoms in total. The molecule has 2 aliphatic carbocycles. The van der Waals surface area contributed by atoms with E-state index in [0.29, 0.717) is 16.8 Å². The Morgan fingerprint density at radius 2 is 1.73 bits per heavy atom. The fraction of sp³-hybridized carbons (Fsp3) is 0.379. The lowest BCUT2D eigenvalue weighted by Gasteiger charge is -2.50. The van der Waals surface area contributed by atoms with Gasteiger partial charge in [-0.1, -0.05) is 33.6 Å².